The van der Waals surface area contributed by atoms with Crippen molar-refractivity contribution in [3.05, 3.63) is 29.5 Å². The van der Waals surface area contributed by atoms with Crippen LogP contribution in [0.15, 0.2) is 17.3 Å². The second-order valence-electron chi connectivity index (χ2n) is 7.86. The summed E-state index contributed by atoms with van der Waals surface area (Å²) in [6.45, 7) is 7.47. The molecule has 0 radical (unpaired) electrons. The summed E-state index contributed by atoms with van der Waals surface area (Å²) in [6.07, 6.45) is 6.10. The Bertz CT molecular complexity index is 897. The van der Waals surface area contributed by atoms with E-state index in [1.807, 2.05) is 30.4 Å². The molecule has 1 saturated heterocycles. The highest BCUT2D eigenvalue weighted by Gasteiger charge is 2.30. The number of fused-ring (bicyclic) bond motifs is 1. The van der Waals surface area contributed by atoms with Crippen LogP contribution < -0.4 is 10.2 Å². The SMILES string of the molecule is CS[C@H]1CCN(c2nccc(NC3Cc4c(nc(C)n4C(C)C)C=N3)n2)C[C@H]1F. The van der Waals surface area contributed by atoms with Crippen molar-refractivity contribution in [1.29, 1.82) is 0 Å². The van der Waals surface area contributed by atoms with Crippen molar-refractivity contribution in [3.63, 3.8) is 0 Å². The second kappa shape index (κ2) is 8.30. The predicted octanol–water partition coefficient (Wildman–Crippen LogP) is 3.26. The van der Waals surface area contributed by atoms with Crippen LogP contribution in [0, 0.1) is 6.92 Å². The summed E-state index contributed by atoms with van der Waals surface area (Å²) < 4.78 is 16.6. The third kappa shape index (κ3) is 4.10. The van der Waals surface area contributed by atoms with Gasteiger partial charge in [0.25, 0.3) is 0 Å². The van der Waals surface area contributed by atoms with Gasteiger partial charge in [0.1, 0.15) is 29.7 Å². The van der Waals surface area contributed by atoms with Crippen molar-refractivity contribution < 1.29 is 4.39 Å². The van der Waals surface area contributed by atoms with Gasteiger partial charge in [-0.25, -0.2) is 14.4 Å². The van der Waals surface area contributed by atoms with E-state index in [0.29, 0.717) is 24.4 Å². The minimum Gasteiger partial charge on any atom is -0.348 e. The number of rotatable bonds is 5. The molecule has 4 heterocycles. The quantitative estimate of drug-likeness (QED) is 0.805. The number of halogens is 1. The Morgan fingerprint density at radius 1 is 1.31 bits per heavy atom. The molecule has 0 amide bonds. The molecule has 0 aliphatic carbocycles. The fraction of sp³-hybridized carbons (Fsp3) is 0.600. The minimum atomic E-state index is -0.861. The Morgan fingerprint density at radius 3 is 2.86 bits per heavy atom. The largest absolute Gasteiger partial charge is 0.348 e. The van der Waals surface area contributed by atoms with Crippen molar-refractivity contribution >= 4 is 29.7 Å². The van der Waals surface area contributed by atoms with Crippen molar-refractivity contribution in [1.82, 2.24) is 19.5 Å². The first-order chi connectivity index (χ1) is 14.0. The molecule has 2 aromatic rings. The summed E-state index contributed by atoms with van der Waals surface area (Å²) in [4.78, 5) is 20.2. The molecule has 0 bridgehead atoms. The van der Waals surface area contributed by atoms with E-state index in [9.17, 15) is 4.39 Å². The molecular formula is C20H28FN7S. The van der Waals surface area contributed by atoms with Gasteiger partial charge in [0.05, 0.1) is 18.5 Å². The molecule has 2 aliphatic rings. The summed E-state index contributed by atoms with van der Waals surface area (Å²) in [6, 6.07) is 2.18. The number of piperidine rings is 1. The van der Waals surface area contributed by atoms with Crippen LogP contribution in [0.2, 0.25) is 0 Å². The Hall–Kier alpha value is -2.16. The minimum absolute atomic E-state index is 0.0626. The molecule has 156 valence electrons. The van der Waals surface area contributed by atoms with E-state index < -0.39 is 6.17 Å². The lowest BCUT2D eigenvalue weighted by Crippen LogP contribution is -2.44. The van der Waals surface area contributed by atoms with E-state index in [4.69, 9.17) is 0 Å². The fourth-order valence-electron chi connectivity index (χ4n) is 4.17. The van der Waals surface area contributed by atoms with Gasteiger partial charge in [-0.1, -0.05) is 0 Å². The first-order valence-electron chi connectivity index (χ1n) is 10.1. The molecule has 7 nitrogen and oxygen atoms in total. The molecule has 29 heavy (non-hydrogen) atoms. The zero-order valence-corrected chi connectivity index (χ0v) is 18.2. The summed E-state index contributed by atoms with van der Waals surface area (Å²) in [5.74, 6) is 2.28. The number of aromatic nitrogens is 4. The maximum absolute atomic E-state index is 14.3. The van der Waals surface area contributed by atoms with E-state index >= 15 is 0 Å². The molecular weight excluding hydrogens is 389 g/mol. The number of aryl methyl sites for hydroxylation is 1. The first-order valence-corrected chi connectivity index (χ1v) is 11.4. The normalized spacial score (nSPS) is 24.1. The van der Waals surface area contributed by atoms with E-state index in [1.165, 1.54) is 5.69 Å². The standard InChI is InChI=1S/C20H28FN7S/c1-12(2)28-13(3)24-15-10-23-19(9-16(15)28)25-18-5-7-22-20(26-18)27-8-6-17(29-4)14(21)11-27/h5,7,10,12,14,17,19H,6,8-9,11H2,1-4H3,(H,22,25,26)/t14-,17+,19?/m1/s1. The van der Waals surface area contributed by atoms with Crippen molar-refractivity contribution in [2.24, 2.45) is 4.99 Å². The summed E-state index contributed by atoms with van der Waals surface area (Å²) in [5, 5.41) is 3.46. The van der Waals surface area contributed by atoms with Gasteiger partial charge >= 0.3 is 0 Å². The third-order valence-electron chi connectivity index (χ3n) is 5.52. The van der Waals surface area contributed by atoms with Crippen LogP contribution in [-0.2, 0) is 6.42 Å². The van der Waals surface area contributed by atoms with E-state index in [0.717, 1.165) is 30.9 Å². The summed E-state index contributed by atoms with van der Waals surface area (Å²) >= 11 is 1.60. The van der Waals surface area contributed by atoms with E-state index in [-0.39, 0.29) is 11.4 Å². The Morgan fingerprint density at radius 2 is 2.14 bits per heavy atom. The van der Waals surface area contributed by atoms with Crippen LogP contribution in [0.25, 0.3) is 0 Å². The number of hydrogen-bond donors (Lipinski definition) is 1. The maximum Gasteiger partial charge on any atom is 0.227 e. The van der Waals surface area contributed by atoms with E-state index in [2.05, 4.69) is 43.7 Å². The van der Waals surface area contributed by atoms with Gasteiger partial charge in [-0.15, -0.1) is 0 Å². The van der Waals surface area contributed by atoms with Crippen LogP contribution in [-0.4, -0.2) is 62.7 Å². The van der Waals surface area contributed by atoms with Crippen LogP contribution in [0.4, 0.5) is 16.2 Å². The summed E-state index contributed by atoms with van der Waals surface area (Å²) in [7, 11) is 0. The van der Waals surface area contributed by atoms with Gasteiger partial charge < -0.3 is 14.8 Å². The molecule has 2 aliphatic heterocycles. The van der Waals surface area contributed by atoms with Gasteiger partial charge in [0.15, 0.2) is 0 Å². The van der Waals surface area contributed by atoms with E-state index in [1.54, 1.807) is 18.0 Å². The molecule has 1 N–H and O–H groups in total. The number of anilines is 2. The molecule has 2 aromatic heterocycles. The van der Waals surface area contributed by atoms with Gasteiger partial charge in [-0.3, -0.25) is 4.99 Å². The Balaban J connectivity index is 1.47. The second-order valence-corrected chi connectivity index (χ2v) is 8.94. The van der Waals surface area contributed by atoms with Gasteiger partial charge in [-0.2, -0.15) is 16.7 Å². The van der Waals surface area contributed by atoms with Crippen molar-refractivity contribution in [2.45, 2.75) is 57.2 Å². The first kappa shape index (κ1) is 20.1. The van der Waals surface area contributed by atoms with Crippen LogP contribution in [0.5, 0.6) is 0 Å². The third-order valence-corrected chi connectivity index (χ3v) is 6.66. The maximum atomic E-state index is 14.3. The predicted molar refractivity (Wildman–Crippen MR) is 117 cm³/mol. The van der Waals surface area contributed by atoms with Crippen LogP contribution in [0.1, 0.15) is 43.5 Å². The number of nitrogens with one attached hydrogen (secondary N) is 1. The topological polar surface area (TPSA) is 71.2 Å². The monoisotopic (exact) mass is 417 g/mol. The Kier molecular flexibility index (Phi) is 5.76. The van der Waals surface area contributed by atoms with Gasteiger partial charge in [0.2, 0.25) is 5.95 Å². The zero-order valence-electron chi connectivity index (χ0n) is 17.3. The molecule has 0 saturated carbocycles. The lowest BCUT2D eigenvalue weighted by Gasteiger charge is -2.34. The van der Waals surface area contributed by atoms with Crippen molar-refractivity contribution in [3.8, 4) is 0 Å². The van der Waals surface area contributed by atoms with Gasteiger partial charge in [0, 0.05) is 30.5 Å². The molecule has 0 spiro atoms. The molecule has 9 heteroatoms. The van der Waals surface area contributed by atoms with Crippen LogP contribution >= 0.6 is 11.8 Å². The number of imidazole rings is 1. The average Bonchev–Trinajstić information content (AvgIpc) is 3.03. The summed E-state index contributed by atoms with van der Waals surface area (Å²) in [5.41, 5.74) is 2.14. The lowest BCUT2D eigenvalue weighted by atomic mass is 10.1. The lowest BCUT2D eigenvalue weighted by molar-refractivity contribution is 0.294. The number of thioether (sulfide) groups is 1. The number of nitrogens with zero attached hydrogens (tertiary/aromatic N) is 6. The smallest absolute Gasteiger partial charge is 0.227 e. The van der Waals surface area contributed by atoms with Crippen molar-refractivity contribution in [2.75, 3.05) is 29.6 Å². The fourth-order valence-corrected chi connectivity index (χ4v) is 4.89. The molecule has 3 atom stereocenters. The number of aliphatic imine (C=N–C) groups is 1. The molecule has 4 rings (SSSR count). The number of alkyl halides is 1. The van der Waals surface area contributed by atoms with Crippen LogP contribution in [0.3, 0.4) is 0 Å². The molecule has 1 fully saturated rings. The zero-order chi connectivity index (χ0) is 20.5. The molecule has 0 aromatic carbocycles. The molecule has 1 unspecified atom stereocenters. The average molecular weight is 418 g/mol. The highest BCUT2D eigenvalue weighted by Crippen LogP contribution is 2.27. The number of hydrogen-bond acceptors (Lipinski definition) is 7. The highest BCUT2D eigenvalue weighted by atomic mass is 32.2. The van der Waals surface area contributed by atoms with Gasteiger partial charge in [-0.05, 0) is 39.5 Å². The Labute approximate surface area is 175 Å². The highest BCUT2D eigenvalue weighted by molar-refractivity contribution is 7.99.